The van der Waals surface area contributed by atoms with E-state index < -0.39 is 161 Å². The van der Waals surface area contributed by atoms with E-state index >= 15 is 0 Å². The molecule has 4 rings (SSSR count). The molecule has 4 aliphatic rings. The van der Waals surface area contributed by atoms with Gasteiger partial charge in [0.05, 0.1) is 31.9 Å². The minimum atomic E-state index is -2.14. The highest BCUT2D eigenvalue weighted by atomic mass is 16.7. The summed E-state index contributed by atoms with van der Waals surface area (Å²) in [5.41, 5.74) is 16.2. The topological polar surface area (TPSA) is 421 Å². The molecule has 1 aliphatic carbocycles. The molecule has 1 saturated carbocycles. The predicted molar refractivity (Wildman–Crippen MR) is 160 cm³/mol. The Bertz CT molecular complexity index is 1180. The lowest BCUT2D eigenvalue weighted by Gasteiger charge is -2.50. The van der Waals surface area contributed by atoms with Crippen molar-refractivity contribution in [2.45, 2.75) is 129 Å². The van der Waals surface area contributed by atoms with Crippen LogP contribution in [0.4, 0.5) is 9.59 Å². The molecule has 4 fully saturated rings. The van der Waals surface area contributed by atoms with Crippen LogP contribution in [0.3, 0.4) is 0 Å². The molecule has 0 aromatic heterocycles. The maximum atomic E-state index is 11.9. The van der Waals surface area contributed by atoms with E-state index in [9.17, 15) is 65.8 Å². The van der Waals surface area contributed by atoms with Crippen molar-refractivity contribution in [2.75, 3.05) is 26.9 Å². The van der Waals surface area contributed by atoms with Gasteiger partial charge in [-0.1, -0.05) is 0 Å². The Morgan fingerprint density at radius 3 is 1.77 bits per heavy atom. The van der Waals surface area contributed by atoms with Gasteiger partial charge in [0.25, 0.3) is 0 Å². The number of hydrogen-bond donors (Lipinski definition) is 15. The lowest BCUT2D eigenvalue weighted by molar-refractivity contribution is -0.354. The Morgan fingerprint density at radius 1 is 0.712 bits per heavy atom. The first-order valence-corrected chi connectivity index (χ1v) is 16.0. The quantitative estimate of drug-likeness (QED) is 0.0877. The Balaban J connectivity index is 1.57. The second kappa shape index (κ2) is 17.9. The normalized spacial score (nSPS) is 47.7. The van der Waals surface area contributed by atoms with Crippen LogP contribution >= 0.6 is 0 Å². The second-order valence-corrected chi connectivity index (χ2v) is 12.6. The molecule has 3 aliphatic heterocycles. The van der Waals surface area contributed by atoms with Crippen LogP contribution in [0.5, 0.6) is 0 Å². The molecule has 302 valence electrons. The van der Waals surface area contributed by atoms with Crippen LogP contribution in [-0.2, 0) is 37.9 Å². The van der Waals surface area contributed by atoms with E-state index in [0.717, 1.165) is 0 Å². The summed E-state index contributed by atoms with van der Waals surface area (Å²) < 4.78 is 43.7. The van der Waals surface area contributed by atoms with Crippen LogP contribution < -0.4 is 22.5 Å². The Hall–Kier alpha value is -2.22. The van der Waals surface area contributed by atoms with Crippen molar-refractivity contribution in [3.05, 3.63) is 0 Å². The van der Waals surface area contributed by atoms with E-state index in [2.05, 4.69) is 5.32 Å². The fraction of sp³-hybridized carbons (Fsp3) is 0.926. The summed E-state index contributed by atoms with van der Waals surface area (Å²) in [7, 11) is 1.33. The molecule has 25 nitrogen and oxygen atoms in total. The van der Waals surface area contributed by atoms with Gasteiger partial charge >= 0.3 is 12.2 Å². The van der Waals surface area contributed by atoms with E-state index in [0.29, 0.717) is 0 Å². The van der Waals surface area contributed by atoms with Gasteiger partial charge in [-0.2, -0.15) is 0 Å². The summed E-state index contributed by atoms with van der Waals surface area (Å²) in [5.74, 6) is 0. The van der Waals surface area contributed by atoms with Crippen LogP contribution in [0.15, 0.2) is 0 Å². The summed E-state index contributed by atoms with van der Waals surface area (Å²) in [5, 5.41) is 117. The van der Waals surface area contributed by atoms with Gasteiger partial charge in [0.2, 0.25) is 0 Å². The van der Waals surface area contributed by atoms with E-state index in [1.165, 1.54) is 7.05 Å². The zero-order valence-electron chi connectivity index (χ0n) is 27.5. The average Bonchev–Trinajstić information content (AvgIpc) is 3.10. The molecule has 0 bridgehead atoms. The third-order valence-electron chi connectivity index (χ3n) is 9.30. The lowest BCUT2D eigenvalue weighted by atomic mass is 9.83. The highest BCUT2D eigenvalue weighted by Gasteiger charge is 2.59. The minimum Gasteiger partial charge on any atom is -0.441 e. The zero-order valence-corrected chi connectivity index (χ0v) is 27.5. The van der Waals surface area contributed by atoms with Crippen LogP contribution in [0.2, 0.25) is 0 Å². The molecule has 18 N–H and O–H groups in total. The van der Waals surface area contributed by atoms with Gasteiger partial charge in [0.15, 0.2) is 31.1 Å². The molecule has 0 aromatic rings. The second-order valence-electron chi connectivity index (χ2n) is 12.6. The molecule has 0 aromatic carbocycles. The van der Waals surface area contributed by atoms with Crippen LogP contribution in [0.1, 0.15) is 0 Å². The third-order valence-corrected chi connectivity index (χ3v) is 9.30. The smallest absolute Gasteiger partial charge is 0.404 e. The summed E-state index contributed by atoms with van der Waals surface area (Å²) in [6.45, 7) is -2.26. The Kier molecular flexibility index (Phi) is 14.7. The van der Waals surface area contributed by atoms with Gasteiger partial charge in [-0.05, 0) is 7.05 Å². The first-order valence-electron chi connectivity index (χ1n) is 16.0. The van der Waals surface area contributed by atoms with Crippen molar-refractivity contribution < 1.29 is 104 Å². The van der Waals surface area contributed by atoms with E-state index in [1.807, 2.05) is 0 Å². The lowest BCUT2D eigenvalue weighted by Crippen LogP contribution is -2.71. The fourth-order valence-electron chi connectivity index (χ4n) is 6.46. The van der Waals surface area contributed by atoms with E-state index in [1.54, 1.807) is 0 Å². The van der Waals surface area contributed by atoms with Gasteiger partial charge in [0.1, 0.15) is 85.5 Å². The molecule has 3 heterocycles. The van der Waals surface area contributed by atoms with Gasteiger partial charge in [0, 0.05) is 0 Å². The number of nitrogens with two attached hydrogens (primary N) is 3. The number of rotatable bonds is 12. The van der Waals surface area contributed by atoms with Crippen molar-refractivity contribution in [1.29, 1.82) is 0 Å². The molecule has 3 unspecified atom stereocenters. The fourth-order valence-corrected chi connectivity index (χ4v) is 6.46. The van der Waals surface area contributed by atoms with Gasteiger partial charge < -0.3 is 117 Å². The largest absolute Gasteiger partial charge is 0.441 e. The van der Waals surface area contributed by atoms with Crippen LogP contribution in [0, 0.1) is 0 Å². The Morgan fingerprint density at radius 2 is 1.25 bits per heavy atom. The number of amides is 2. The number of carbonyl (C=O) groups is 2. The molecule has 0 spiro atoms. The van der Waals surface area contributed by atoms with Gasteiger partial charge in [-0.3, -0.25) is 0 Å². The number of hydrogen-bond acceptors (Lipinski definition) is 23. The maximum Gasteiger partial charge on any atom is 0.404 e. The van der Waals surface area contributed by atoms with Crippen LogP contribution in [-0.4, -0.2) is 224 Å². The maximum absolute atomic E-state index is 11.9. The van der Waals surface area contributed by atoms with Gasteiger partial charge in [-0.25, -0.2) is 9.59 Å². The monoisotopic (exact) mass is 764 g/mol. The SMILES string of the molecule is CN[C@H]1[C@@H](OC2[C@@H](OC(N)=O)C(O)[C@@H](OC(N)=O)[C@H](O[C@@H]3O[C@H](CO)[C@@H](O)[C@H](N)[C@@H]3O)[C@H]2O)OC[C@@H](O[C@H]2O[C@H](C(O)CO)[C@@H](O)[C@H](O)[C@@H]2O)[C@@H]1O. The van der Waals surface area contributed by atoms with Crippen molar-refractivity contribution in [3.63, 3.8) is 0 Å². The number of aliphatic hydroxyl groups excluding tert-OH is 11. The van der Waals surface area contributed by atoms with E-state index in [-0.39, 0.29) is 0 Å². The summed E-state index contributed by atoms with van der Waals surface area (Å²) in [6.07, 6.45) is -37.1. The molecule has 21 atom stereocenters. The predicted octanol–water partition coefficient (Wildman–Crippen LogP) is -9.96. The van der Waals surface area contributed by atoms with E-state index in [4.69, 9.17) is 55.1 Å². The summed E-state index contributed by atoms with van der Waals surface area (Å²) >= 11 is 0. The number of likely N-dealkylation sites (N-methyl/N-ethyl adjacent to an activating group) is 1. The minimum absolute atomic E-state index is 0.576. The number of primary amides is 2. The number of ether oxygens (including phenoxy) is 8. The highest BCUT2D eigenvalue weighted by Crippen LogP contribution is 2.35. The highest BCUT2D eigenvalue weighted by molar-refractivity contribution is 5.65. The Labute approximate surface area is 294 Å². The van der Waals surface area contributed by atoms with Crippen molar-refractivity contribution in [3.8, 4) is 0 Å². The summed E-state index contributed by atoms with van der Waals surface area (Å²) in [6, 6.07) is -2.78. The summed E-state index contributed by atoms with van der Waals surface area (Å²) in [4.78, 5) is 23.7. The molecule has 52 heavy (non-hydrogen) atoms. The number of aliphatic hydroxyl groups is 11. The standard InChI is InChI=1S/C27H48N4O21/c1-31-9-11(36)7(47-25-15(40)13(38)14(39)18(48-25)5(34)2-32)4-45-23(9)49-19-16(41)20(22(52-27(30)44)17(42)21(19)51-26(29)43)50-24-12(37)8(28)10(35)6(3-33)46-24/h5-25,31-42H,2-4,28H2,1H3,(H2,29,43)(H2,30,44)/t5?,6-,7-,8+,9-,10-,11+,12+,13+,14+,15+,16+,17?,18-,19?,20-,21+,22-,23-,24+,25+/m1/s1. The zero-order chi connectivity index (χ0) is 38.8. The molecular weight excluding hydrogens is 716 g/mol. The molecule has 2 amide bonds. The first-order chi connectivity index (χ1) is 24.5. The first kappa shape index (κ1) is 42.5. The third kappa shape index (κ3) is 8.84. The molecular formula is C27H48N4O21. The average molecular weight is 765 g/mol. The van der Waals surface area contributed by atoms with Crippen molar-refractivity contribution in [1.82, 2.24) is 5.32 Å². The van der Waals surface area contributed by atoms with Gasteiger partial charge in [-0.15, -0.1) is 0 Å². The van der Waals surface area contributed by atoms with Crippen LogP contribution in [0.25, 0.3) is 0 Å². The van der Waals surface area contributed by atoms with Crippen molar-refractivity contribution >= 4 is 12.2 Å². The molecule has 3 saturated heterocycles. The number of nitrogens with one attached hydrogen (secondary N) is 1. The molecule has 25 heteroatoms. The number of carbonyl (C=O) groups excluding carboxylic acids is 2. The van der Waals surface area contributed by atoms with Crippen molar-refractivity contribution in [2.24, 2.45) is 17.2 Å². The molecule has 0 radical (unpaired) electrons.